The summed E-state index contributed by atoms with van der Waals surface area (Å²) in [4.78, 5) is 0. The molecule has 1 aromatic carbocycles. The van der Waals surface area contributed by atoms with Gasteiger partial charge >= 0.3 is 0 Å². The van der Waals surface area contributed by atoms with E-state index in [9.17, 15) is 8.42 Å². The van der Waals surface area contributed by atoms with Gasteiger partial charge in [0, 0.05) is 11.1 Å². The highest BCUT2D eigenvalue weighted by atomic mass is 35.5. The van der Waals surface area contributed by atoms with Crippen LogP contribution < -0.4 is 10.0 Å². The molecule has 1 saturated carbocycles. The first-order valence-corrected chi connectivity index (χ1v) is 9.06. The summed E-state index contributed by atoms with van der Waals surface area (Å²) >= 11 is 11.8. The molecule has 1 fully saturated rings. The van der Waals surface area contributed by atoms with Crippen molar-refractivity contribution in [3.8, 4) is 0 Å². The number of halogens is 2. The van der Waals surface area contributed by atoms with Crippen molar-refractivity contribution in [3.63, 3.8) is 0 Å². The van der Waals surface area contributed by atoms with Crippen molar-refractivity contribution in [2.45, 2.75) is 31.7 Å². The molecule has 0 aliphatic heterocycles. The molecule has 0 aromatic heterocycles. The van der Waals surface area contributed by atoms with Gasteiger partial charge in [-0.15, -0.1) is 0 Å². The van der Waals surface area contributed by atoms with Gasteiger partial charge in [-0.25, -0.2) is 8.42 Å². The third kappa shape index (κ3) is 5.48. The molecule has 0 spiro atoms. The summed E-state index contributed by atoms with van der Waals surface area (Å²) in [6, 6.07) is 5.36. The number of nitrogens with one attached hydrogen (secondary N) is 2. The summed E-state index contributed by atoms with van der Waals surface area (Å²) in [5.74, 6) is 0.0855. The maximum atomic E-state index is 11.9. The summed E-state index contributed by atoms with van der Waals surface area (Å²) in [7, 11) is -3.38. The molecule has 0 bridgehead atoms. The maximum Gasteiger partial charge on any atom is 0.232 e. The van der Waals surface area contributed by atoms with Crippen LogP contribution in [0.5, 0.6) is 0 Å². The van der Waals surface area contributed by atoms with Gasteiger partial charge in [0.15, 0.2) is 0 Å². The molecule has 7 heteroatoms. The number of unbranched alkanes of at least 4 members (excludes halogenated alkanes) is 1. The first kappa shape index (κ1) is 15.9. The molecule has 2 rings (SSSR count). The number of rotatable bonds is 8. The smallest absolute Gasteiger partial charge is 0.232 e. The lowest BCUT2D eigenvalue weighted by Crippen LogP contribution is -2.20. The van der Waals surface area contributed by atoms with E-state index < -0.39 is 10.0 Å². The Kier molecular flexibility index (Phi) is 5.55. The highest BCUT2D eigenvalue weighted by molar-refractivity contribution is 7.92. The monoisotopic (exact) mass is 336 g/mol. The largest absolute Gasteiger partial charge is 0.314 e. The molecule has 0 radical (unpaired) electrons. The van der Waals surface area contributed by atoms with Crippen LogP contribution in [0.4, 0.5) is 5.69 Å². The zero-order valence-electron chi connectivity index (χ0n) is 11.0. The van der Waals surface area contributed by atoms with Gasteiger partial charge in [0.2, 0.25) is 10.0 Å². The van der Waals surface area contributed by atoms with Gasteiger partial charge in [-0.2, -0.15) is 0 Å². The van der Waals surface area contributed by atoms with Gasteiger partial charge in [-0.3, -0.25) is 4.72 Å². The Morgan fingerprint density at radius 2 is 1.95 bits per heavy atom. The Hall–Kier alpha value is -0.490. The molecule has 2 N–H and O–H groups in total. The van der Waals surface area contributed by atoms with Gasteiger partial charge in [0.05, 0.1) is 16.5 Å². The van der Waals surface area contributed by atoms with E-state index in [1.54, 1.807) is 12.1 Å². The third-order valence-electron chi connectivity index (χ3n) is 3.04. The second-order valence-electron chi connectivity index (χ2n) is 4.98. The first-order valence-electron chi connectivity index (χ1n) is 6.65. The molecule has 1 aliphatic carbocycles. The quantitative estimate of drug-likeness (QED) is 0.716. The Morgan fingerprint density at radius 1 is 1.20 bits per heavy atom. The fraction of sp³-hybridized carbons (Fsp3) is 0.538. The Labute approximate surface area is 129 Å². The number of hydrogen-bond acceptors (Lipinski definition) is 3. The van der Waals surface area contributed by atoms with E-state index >= 15 is 0 Å². The van der Waals surface area contributed by atoms with Crippen LogP contribution in [-0.4, -0.2) is 26.8 Å². The van der Waals surface area contributed by atoms with E-state index in [-0.39, 0.29) is 5.75 Å². The highest BCUT2D eigenvalue weighted by Gasteiger charge is 2.19. The molecule has 0 heterocycles. The predicted molar refractivity (Wildman–Crippen MR) is 84.1 cm³/mol. The fourth-order valence-corrected chi connectivity index (χ4v) is 3.39. The van der Waals surface area contributed by atoms with Gasteiger partial charge in [-0.1, -0.05) is 23.2 Å². The van der Waals surface area contributed by atoms with Crippen molar-refractivity contribution in [2.24, 2.45) is 0 Å². The molecule has 0 amide bonds. The Morgan fingerprint density at radius 3 is 2.65 bits per heavy atom. The SMILES string of the molecule is O=S(=O)(CCCCNC1CC1)Nc1cc(Cl)ccc1Cl. The van der Waals surface area contributed by atoms with E-state index in [1.807, 2.05) is 0 Å². The summed E-state index contributed by atoms with van der Waals surface area (Å²) in [6.07, 6.45) is 3.95. The van der Waals surface area contributed by atoms with E-state index in [4.69, 9.17) is 23.2 Å². The predicted octanol–water partition coefficient (Wildman–Crippen LogP) is 3.27. The molecule has 4 nitrogen and oxygen atoms in total. The lowest BCUT2D eigenvalue weighted by atomic mass is 10.3. The normalized spacial score (nSPS) is 15.3. The maximum absolute atomic E-state index is 11.9. The van der Waals surface area contributed by atoms with Gasteiger partial charge in [-0.05, 0) is 50.4 Å². The summed E-state index contributed by atoms with van der Waals surface area (Å²) in [5.41, 5.74) is 0.329. The lowest BCUT2D eigenvalue weighted by molar-refractivity contribution is 0.591. The van der Waals surface area contributed by atoms with Crippen LogP contribution >= 0.6 is 23.2 Å². The van der Waals surface area contributed by atoms with Crippen molar-refractivity contribution in [2.75, 3.05) is 17.0 Å². The molecule has 1 aliphatic rings. The van der Waals surface area contributed by atoms with Crippen molar-refractivity contribution < 1.29 is 8.42 Å². The minimum atomic E-state index is -3.38. The summed E-state index contributed by atoms with van der Waals surface area (Å²) in [5, 5.41) is 4.14. The van der Waals surface area contributed by atoms with Crippen LogP contribution in [0.1, 0.15) is 25.7 Å². The van der Waals surface area contributed by atoms with Crippen LogP contribution in [0.3, 0.4) is 0 Å². The first-order chi connectivity index (χ1) is 9.46. The van der Waals surface area contributed by atoms with Crippen molar-refractivity contribution in [1.29, 1.82) is 0 Å². The van der Waals surface area contributed by atoms with E-state index in [0.717, 1.165) is 13.0 Å². The van der Waals surface area contributed by atoms with Crippen molar-refractivity contribution in [3.05, 3.63) is 28.2 Å². The fourth-order valence-electron chi connectivity index (χ4n) is 1.80. The second-order valence-corrected chi connectivity index (χ2v) is 7.67. The average Bonchev–Trinajstić information content (AvgIpc) is 3.17. The zero-order chi connectivity index (χ0) is 14.6. The molecule has 0 unspecified atom stereocenters. The van der Waals surface area contributed by atoms with Crippen molar-refractivity contribution >= 4 is 38.9 Å². The van der Waals surface area contributed by atoms with Crippen LogP contribution in [-0.2, 0) is 10.0 Å². The zero-order valence-corrected chi connectivity index (χ0v) is 13.4. The van der Waals surface area contributed by atoms with Gasteiger partial charge in [0.1, 0.15) is 0 Å². The minimum Gasteiger partial charge on any atom is -0.314 e. The lowest BCUT2D eigenvalue weighted by Gasteiger charge is -2.10. The molecular formula is C13H18Cl2N2O2S. The molecule has 0 saturated heterocycles. The van der Waals surface area contributed by atoms with Gasteiger partial charge < -0.3 is 5.32 Å². The van der Waals surface area contributed by atoms with E-state index in [0.29, 0.717) is 28.2 Å². The van der Waals surface area contributed by atoms with Crippen LogP contribution in [0.2, 0.25) is 10.0 Å². The van der Waals surface area contributed by atoms with Crippen LogP contribution in [0.15, 0.2) is 18.2 Å². The topological polar surface area (TPSA) is 58.2 Å². The summed E-state index contributed by atoms with van der Waals surface area (Å²) in [6.45, 7) is 0.873. The molecule has 0 atom stereocenters. The Bertz CT molecular complexity index is 559. The van der Waals surface area contributed by atoms with Crippen LogP contribution in [0, 0.1) is 0 Å². The number of anilines is 1. The van der Waals surface area contributed by atoms with E-state index in [2.05, 4.69) is 10.0 Å². The molecular weight excluding hydrogens is 319 g/mol. The Balaban J connectivity index is 1.78. The minimum absolute atomic E-state index is 0.0855. The van der Waals surface area contributed by atoms with Gasteiger partial charge in [0.25, 0.3) is 0 Å². The number of hydrogen-bond donors (Lipinski definition) is 2. The summed E-state index contributed by atoms with van der Waals surface area (Å²) < 4.78 is 26.4. The third-order valence-corrected chi connectivity index (χ3v) is 4.97. The molecule has 112 valence electrons. The molecule has 20 heavy (non-hydrogen) atoms. The average molecular weight is 337 g/mol. The molecule has 1 aromatic rings. The van der Waals surface area contributed by atoms with E-state index in [1.165, 1.54) is 18.9 Å². The number of sulfonamides is 1. The second kappa shape index (κ2) is 6.98. The van der Waals surface area contributed by atoms with Crippen LogP contribution in [0.25, 0.3) is 0 Å². The number of benzene rings is 1. The standard InChI is InChI=1S/C13H18Cl2N2O2S/c14-10-3-6-12(15)13(9-10)17-20(18,19)8-2-1-7-16-11-4-5-11/h3,6,9,11,16-17H,1-2,4-5,7-8H2. The highest BCUT2D eigenvalue weighted by Crippen LogP contribution is 2.26. The van der Waals surface area contributed by atoms with Crippen molar-refractivity contribution in [1.82, 2.24) is 5.32 Å².